The second kappa shape index (κ2) is 6.55. The minimum atomic E-state index is -3.99. The standard InChI is InChI=1S/C21H24N2O4S2/c1-21(25)9-8-17-16(21)11-18(28-17)29(26,27)23-20(24)22-19-14-6-2-4-12(14)10-13-5-3-7-15(13)19/h10-11,25H,2-9H2,1H3,(H2,22,23,24). The molecule has 6 nitrogen and oxygen atoms in total. The first-order valence-corrected chi connectivity index (χ1v) is 12.4. The summed E-state index contributed by atoms with van der Waals surface area (Å²) in [6.45, 7) is 1.69. The van der Waals surface area contributed by atoms with E-state index in [4.69, 9.17) is 0 Å². The molecular formula is C21H24N2O4S2. The first-order valence-electron chi connectivity index (χ1n) is 10.1. The smallest absolute Gasteiger partial charge is 0.333 e. The highest BCUT2D eigenvalue weighted by atomic mass is 32.2. The van der Waals surface area contributed by atoms with Gasteiger partial charge in [-0.3, -0.25) is 0 Å². The molecule has 1 aromatic carbocycles. The number of aryl methyl sites for hydroxylation is 3. The fourth-order valence-corrected chi connectivity index (χ4v) is 7.50. The quantitative estimate of drug-likeness (QED) is 0.693. The molecule has 2 aromatic rings. The second-order valence-electron chi connectivity index (χ2n) is 8.47. The number of urea groups is 1. The van der Waals surface area contributed by atoms with Crippen molar-refractivity contribution in [2.75, 3.05) is 5.32 Å². The van der Waals surface area contributed by atoms with Gasteiger partial charge in [0.1, 0.15) is 4.21 Å². The number of fused-ring (bicyclic) bond motifs is 3. The Balaban J connectivity index is 1.40. The molecular weight excluding hydrogens is 408 g/mol. The molecule has 0 radical (unpaired) electrons. The topological polar surface area (TPSA) is 95.5 Å². The van der Waals surface area contributed by atoms with Gasteiger partial charge in [0.15, 0.2) is 0 Å². The number of thiophene rings is 1. The maximum atomic E-state index is 12.8. The highest BCUT2D eigenvalue weighted by molar-refractivity contribution is 7.92. The van der Waals surface area contributed by atoms with E-state index in [0.29, 0.717) is 18.4 Å². The fraction of sp³-hybridized carbons (Fsp3) is 0.476. The molecule has 1 heterocycles. The molecule has 154 valence electrons. The minimum Gasteiger partial charge on any atom is -0.385 e. The molecule has 0 saturated carbocycles. The van der Waals surface area contributed by atoms with E-state index in [1.165, 1.54) is 17.2 Å². The van der Waals surface area contributed by atoms with Crippen molar-refractivity contribution < 1.29 is 18.3 Å². The van der Waals surface area contributed by atoms with Crippen LogP contribution in [0.25, 0.3) is 0 Å². The van der Waals surface area contributed by atoms with Gasteiger partial charge in [-0.25, -0.2) is 17.9 Å². The van der Waals surface area contributed by atoms with E-state index < -0.39 is 21.7 Å². The van der Waals surface area contributed by atoms with Gasteiger partial charge in [-0.15, -0.1) is 11.3 Å². The van der Waals surface area contributed by atoms with Gasteiger partial charge in [-0.05, 0) is 92.2 Å². The zero-order valence-electron chi connectivity index (χ0n) is 16.3. The van der Waals surface area contributed by atoms with E-state index in [-0.39, 0.29) is 4.21 Å². The number of rotatable bonds is 3. The predicted octanol–water partition coefficient (Wildman–Crippen LogP) is 3.39. The van der Waals surface area contributed by atoms with E-state index >= 15 is 0 Å². The zero-order valence-corrected chi connectivity index (χ0v) is 17.9. The third-order valence-electron chi connectivity index (χ3n) is 6.41. The number of hydrogen-bond donors (Lipinski definition) is 3. The molecule has 3 aliphatic rings. The zero-order chi connectivity index (χ0) is 20.4. The molecule has 0 spiro atoms. The maximum absolute atomic E-state index is 12.8. The van der Waals surface area contributed by atoms with Crippen LogP contribution in [-0.4, -0.2) is 19.6 Å². The van der Waals surface area contributed by atoms with Crippen molar-refractivity contribution in [3.8, 4) is 0 Å². The molecule has 0 aliphatic heterocycles. The average molecular weight is 433 g/mol. The second-order valence-corrected chi connectivity index (χ2v) is 11.5. The van der Waals surface area contributed by atoms with E-state index in [2.05, 4.69) is 16.1 Å². The van der Waals surface area contributed by atoms with E-state index in [9.17, 15) is 18.3 Å². The van der Waals surface area contributed by atoms with E-state index in [0.717, 1.165) is 71.6 Å². The number of carbonyl (C=O) groups excluding carboxylic acids is 1. The monoisotopic (exact) mass is 432 g/mol. The van der Waals surface area contributed by atoms with E-state index in [1.54, 1.807) is 6.92 Å². The number of hydrogen-bond acceptors (Lipinski definition) is 5. The summed E-state index contributed by atoms with van der Waals surface area (Å²) in [5.41, 5.74) is 5.33. The van der Waals surface area contributed by atoms with Crippen LogP contribution in [0, 0.1) is 0 Å². The first kappa shape index (κ1) is 19.1. The van der Waals surface area contributed by atoms with Gasteiger partial charge in [0.25, 0.3) is 10.0 Å². The van der Waals surface area contributed by atoms with Gasteiger partial charge in [0.05, 0.1) is 5.60 Å². The van der Waals surface area contributed by atoms with Crippen LogP contribution < -0.4 is 10.0 Å². The lowest BCUT2D eigenvalue weighted by Gasteiger charge is -2.17. The summed E-state index contributed by atoms with van der Waals surface area (Å²) in [7, 11) is -3.99. The highest BCUT2D eigenvalue weighted by Crippen LogP contribution is 2.43. The van der Waals surface area contributed by atoms with Gasteiger partial charge in [0, 0.05) is 10.6 Å². The van der Waals surface area contributed by atoms with Crippen LogP contribution in [0.5, 0.6) is 0 Å². The van der Waals surface area contributed by atoms with Crippen molar-refractivity contribution in [2.24, 2.45) is 0 Å². The lowest BCUT2D eigenvalue weighted by molar-refractivity contribution is 0.0594. The average Bonchev–Trinajstić information content (AvgIpc) is 3.39. The van der Waals surface area contributed by atoms with Crippen LogP contribution in [0.4, 0.5) is 10.5 Å². The summed E-state index contributed by atoms with van der Waals surface area (Å²) in [6, 6.07) is 3.05. The fourth-order valence-electron chi connectivity index (χ4n) is 4.95. The summed E-state index contributed by atoms with van der Waals surface area (Å²) in [6.07, 6.45) is 7.22. The molecule has 0 bridgehead atoms. The van der Waals surface area contributed by atoms with Crippen molar-refractivity contribution in [1.29, 1.82) is 0 Å². The van der Waals surface area contributed by atoms with Crippen molar-refractivity contribution >= 4 is 33.1 Å². The van der Waals surface area contributed by atoms with Crippen LogP contribution in [0.3, 0.4) is 0 Å². The number of benzene rings is 1. The Hall–Kier alpha value is -1.90. The van der Waals surface area contributed by atoms with Crippen LogP contribution in [0.15, 0.2) is 16.3 Å². The molecule has 1 atom stereocenters. The normalized spacial score (nSPS) is 22.3. The SMILES string of the molecule is CC1(O)CCc2sc(S(=O)(=O)NC(=O)Nc3c4c(cc5c3CCC5)CCC4)cc21. The number of aliphatic hydroxyl groups is 1. The number of carbonyl (C=O) groups is 1. The van der Waals surface area contributed by atoms with Crippen molar-refractivity contribution in [2.45, 2.75) is 68.1 Å². The number of anilines is 1. The summed E-state index contributed by atoms with van der Waals surface area (Å²) >= 11 is 1.13. The molecule has 0 fully saturated rings. The van der Waals surface area contributed by atoms with Crippen LogP contribution in [-0.2, 0) is 47.7 Å². The Bertz CT molecular complexity index is 1100. The lowest BCUT2D eigenvalue weighted by atomic mass is 9.99. The van der Waals surface area contributed by atoms with Gasteiger partial charge >= 0.3 is 6.03 Å². The van der Waals surface area contributed by atoms with E-state index in [1.807, 2.05) is 0 Å². The molecule has 1 unspecified atom stereocenters. The Morgan fingerprint density at radius 1 is 1.07 bits per heavy atom. The van der Waals surface area contributed by atoms with Crippen molar-refractivity contribution in [3.63, 3.8) is 0 Å². The molecule has 29 heavy (non-hydrogen) atoms. The predicted molar refractivity (Wildman–Crippen MR) is 112 cm³/mol. The Morgan fingerprint density at radius 3 is 2.34 bits per heavy atom. The molecule has 5 rings (SSSR count). The Morgan fingerprint density at radius 2 is 1.72 bits per heavy atom. The maximum Gasteiger partial charge on any atom is 0.333 e. The van der Waals surface area contributed by atoms with Crippen molar-refractivity contribution in [3.05, 3.63) is 44.8 Å². The minimum absolute atomic E-state index is 0.0705. The molecule has 2 amide bonds. The molecule has 3 N–H and O–H groups in total. The van der Waals surface area contributed by atoms with Crippen LogP contribution in [0.1, 0.15) is 58.9 Å². The first-order chi connectivity index (χ1) is 13.7. The summed E-state index contributed by atoms with van der Waals surface area (Å²) < 4.78 is 27.8. The number of nitrogens with one attached hydrogen (secondary N) is 2. The van der Waals surface area contributed by atoms with Gasteiger partial charge in [-0.2, -0.15) is 0 Å². The Kier molecular flexibility index (Phi) is 4.31. The summed E-state index contributed by atoms with van der Waals surface area (Å²) in [4.78, 5) is 13.5. The molecule has 8 heteroatoms. The lowest BCUT2D eigenvalue weighted by Crippen LogP contribution is -2.34. The molecule has 1 aromatic heterocycles. The van der Waals surface area contributed by atoms with Gasteiger partial charge < -0.3 is 10.4 Å². The third-order valence-corrected chi connectivity index (χ3v) is 9.41. The van der Waals surface area contributed by atoms with Crippen molar-refractivity contribution in [1.82, 2.24) is 4.72 Å². The highest BCUT2D eigenvalue weighted by Gasteiger charge is 2.36. The number of sulfonamides is 1. The summed E-state index contributed by atoms with van der Waals surface area (Å²) in [5, 5.41) is 13.3. The number of amides is 2. The molecule has 0 saturated heterocycles. The Labute approximate surface area is 174 Å². The van der Waals surface area contributed by atoms with Gasteiger partial charge in [-0.1, -0.05) is 6.07 Å². The largest absolute Gasteiger partial charge is 0.385 e. The van der Waals surface area contributed by atoms with Crippen LogP contribution in [0.2, 0.25) is 0 Å². The van der Waals surface area contributed by atoms with Gasteiger partial charge in [0.2, 0.25) is 0 Å². The van der Waals surface area contributed by atoms with Crippen LogP contribution >= 0.6 is 11.3 Å². The molecule has 3 aliphatic carbocycles. The summed E-state index contributed by atoms with van der Waals surface area (Å²) in [5.74, 6) is 0. The third kappa shape index (κ3) is 3.17.